The maximum absolute atomic E-state index is 13.5. The summed E-state index contributed by atoms with van der Waals surface area (Å²) in [6.45, 7) is 9.79. The van der Waals surface area contributed by atoms with Crippen LogP contribution in [-0.4, -0.2) is 75.5 Å². The zero-order chi connectivity index (χ0) is 21.0. The fraction of sp³-hybridized carbons (Fsp3) is 0.667. The molecule has 8 heteroatoms. The van der Waals surface area contributed by atoms with E-state index in [1.807, 2.05) is 31.7 Å². The molecular weight excluding hydrogens is 390 g/mol. The molecule has 1 aromatic carbocycles. The van der Waals surface area contributed by atoms with Crippen molar-refractivity contribution >= 4 is 15.9 Å². The minimum Gasteiger partial charge on any atom is -0.377 e. The van der Waals surface area contributed by atoms with Gasteiger partial charge in [-0.15, -0.1) is 0 Å². The Labute approximate surface area is 174 Å². The number of aryl methyl sites for hydroxylation is 3. The highest BCUT2D eigenvalue weighted by Crippen LogP contribution is 2.25. The lowest BCUT2D eigenvalue weighted by Crippen LogP contribution is -2.47. The van der Waals surface area contributed by atoms with E-state index >= 15 is 0 Å². The predicted octanol–water partition coefficient (Wildman–Crippen LogP) is 1.60. The van der Waals surface area contributed by atoms with Gasteiger partial charge in [-0.05, 0) is 56.4 Å². The molecule has 1 amide bonds. The largest absolute Gasteiger partial charge is 0.377 e. The molecule has 0 aromatic heterocycles. The van der Waals surface area contributed by atoms with E-state index in [2.05, 4.69) is 5.32 Å². The van der Waals surface area contributed by atoms with Crippen LogP contribution >= 0.6 is 0 Å². The summed E-state index contributed by atoms with van der Waals surface area (Å²) in [5.74, 6) is 0.0100. The number of ether oxygens (including phenoxy) is 1. The lowest BCUT2D eigenvalue weighted by Gasteiger charge is -2.29. The molecular formula is C21H33N3O4S. The lowest BCUT2D eigenvalue weighted by atomic mass is 10.1. The smallest absolute Gasteiger partial charge is 0.243 e. The molecule has 1 aromatic rings. The van der Waals surface area contributed by atoms with E-state index in [-0.39, 0.29) is 25.0 Å². The quantitative estimate of drug-likeness (QED) is 0.721. The summed E-state index contributed by atoms with van der Waals surface area (Å²) < 4.78 is 34.2. The van der Waals surface area contributed by atoms with Gasteiger partial charge in [-0.3, -0.25) is 4.79 Å². The summed E-state index contributed by atoms with van der Waals surface area (Å²) in [5, 5.41) is 3.23. The topological polar surface area (TPSA) is 79.0 Å². The summed E-state index contributed by atoms with van der Waals surface area (Å²) in [5.41, 5.74) is 2.75. The fourth-order valence-corrected chi connectivity index (χ4v) is 5.73. The van der Waals surface area contributed by atoms with Crippen LogP contribution in [-0.2, 0) is 19.6 Å². The monoisotopic (exact) mass is 423 g/mol. The summed E-state index contributed by atoms with van der Waals surface area (Å²) in [6.07, 6.45) is 1.88. The van der Waals surface area contributed by atoms with Crippen molar-refractivity contribution in [2.45, 2.75) is 51.0 Å². The van der Waals surface area contributed by atoms with Gasteiger partial charge >= 0.3 is 0 Å². The Morgan fingerprint density at radius 1 is 1.17 bits per heavy atom. The van der Waals surface area contributed by atoms with Gasteiger partial charge in [-0.1, -0.05) is 6.07 Å². The third-order valence-electron chi connectivity index (χ3n) is 5.89. The third kappa shape index (κ3) is 5.36. The number of hydrogen-bond donors (Lipinski definition) is 1. The van der Waals surface area contributed by atoms with Crippen molar-refractivity contribution in [3.8, 4) is 0 Å². The molecule has 0 aliphatic carbocycles. The second-order valence-electron chi connectivity index (χ2n) is 8.08. The van der Waals surface area contributed by atoms with Crippen LogP contribution in [0.4, 0.5) is 0 Å². The Kier molecular flexibility index (Phi) is 7.32. The van der Waals surface area contributed by atoms with E-state index in [0.717, 1.165) is 42.6 Å². The van der Waals surface area contributed by atoms with E-state index < -0.39 is 10.0 Å². The molecule has 2 saturated heterocycles. The third-order valence-corrected chi connectivity index (χ3v) is 7.89. The summed E-state index contributed by atoms with van der Waals surface area (Å²) >= 11 is 0. The Hall–Kier alpha value is -1.48. The zero-order valence-electron chi connectivity index (χ0n) is 17.7. The Bertz CT molecular complexity index is 829. The molecule has 3 rings (SSSR count). The SMILES string of the molecule is Cc1cc(C)c(S(=O)(=O)N(CCC(=O)N2CCNCC2)C[C@@H]2CCCO2)cc1C. The van der Waals surface area contributed by atoms with E-state index in [9.17, 15) is 13.2 Å². The highest BCUT2D eigenvalue weighted by molar-refractivity contribution is 7.89. The Balaban J connectivity index is 1.80. The van der Waals surface area contributed by atoms with Crippen molar-refractivity contribution in [1.29, 1.82) is 0 Å². The van der Waals surface area contributed by atoms with Gasteiger partial charge in [-0.25, -0.2) is 8.42 Å². The Morgan fingerprint density at radius 2 is 1.86 bits per heavy atom. The molecule has 1 atom stereocenters. The van der Waals surface area contributed by atoms with Gasteiger partial charge in [-0.2, -0.15) is 4.31 Å². The molecule has 29 heavy (non-hydrogen) atoms. The Morgan fingerprint density at radius 3 is 2.52 bits per heavy atom. The van der Waals surface area contributed by atoms with Crippen LogP contribution in [0.2, 0.25) is 0 Å². The first-order chi connectivity index (χ1) is 13.8. The number of carbonyl (C=O) groups excluding carboxylic acids is 1. The summed E-state index contributed by atoms with van der Waals surface area (Å²) in [6, 6.07) is 3.67. The first-order valence-corrected chi connectivity index (χ1v) is 11.9. The predicted molar refractivity (Wildman–Crippen MR) is 112 cm³/mol. The van der Waals surface area contributed by atoms with Gasteiger partial charge in [0, 0.05) is 52.3 Å². The molecule has 0 saturated carbocycles. The average Bonchev–Trinajstić information content (AvgIpc) is 3.21. The number of rotatable bonds is 7. The second kappa shape index (κ2) is 9.55. The minimum atomic E-state index is -3.71. The van der Waals surface area contributed by atoms with E-state index in [1.54, 1.807) is 6.07 Å². The van der Waals surface area contributed by atoms with Gasteiger partial charge in [0.1, 0.15) is 0 Å². The molecule has 2 aliphatic rings. The highest BCUT2D eigenvalue weighted by atomic mass is 32.2. The van der Waals surface area contributed by atoms with Crippen molar-refractivity contribution in [2.24, 2.45) is 0 Å². The van der Waals surface area contributed by atoms with Gasteiger partial charge in [0.15, 0.2) is 0 Å². The number of carbonyl (C=O) groups is 1. The van der Waals surface area contributed by atoms with Crippen LogP contribution in [0.1, 0.15) is 36.0 Å². The minimum absolute atomic E-state index is 0.0100. The van der Waals surface area contributed by atoms with Crippen molar-refractivity contribution in [2.75, 3.05) is 45.9 Å². The van der Waals surface area contributed by atoms with E-state index in [4.69, 9.17) is 4.74 Å². The molecule has 0 radical (unpaired) electrons. The second-order valence-corrected chi connectivity index (χ2v) is 9.99. The van der Waals surface area contributed by atoms with Crippen LogP contribution in [0.3, 0.4) is 0 Å². The van der Waals surface area contributed by atoms with Crippen LogP contribution < -0.4 is 5.32 Å². The van der Waals surface area contributed by atoms with Gasteiger partial charge in [0.2, 0.25) is 15.9 Å². The molecule has 0 unspecified atom stereocenters. The maximum Gasteiger partial charge on any atom is 0.243 e. The van der Waals surface area contributed by atoms with Crippen LogP contribution in [0.5, 0.6) is 0 Å². The zero-order valence-corrected chi connectivity index (χ0v) is 18.6. The number of amides is 1. The molecule has 0 bridgehead atoms. The van der Waals surface area contributed by atoms with Gasteiger partial charge < -0.3 is 15.0 Å². The maximum atomic E-state index is 13.5. The van der Waals surface area contributed by atoms with Crippen molar-refractivity contribution in [3.05, 3.63) is 28.8 Å². The van der Waals surface area contributed by atoms with E-state index in [0.29, 0.717) is 31.1 Å². The molecule has 0 spiro atoms. The summed E-state index contributed by atoms with van der Waals surface area (Å²) in [7, 11) is -3.71. The molecule has 2 heterocycles. The molecule has 1 N–H and O–H groups in total. The normalized spacial score (nSPS) is 20.4. The van der Waals surface area contributed by atoms with Crippen LogP contribution in [0.25, 0.3) is 0 Å². The number of nitrogens with zero attached hydrogens (tertiary/aromatic N) is 2. The first kappa shape index (κ1) is 22.2. The number of nitrogens with one attached hydrogen (secondary N) is 1. The molecule has 7 nitrogen and oxygen atoms in total. The molecule has 2 fully saturated rings. The summed E-state index contributed by atoms with van der Waals surface area (Å²) in [4.78, 5) is 14.8. The standard InChI is InChI=1S/C21H33N3O4S/c1-16-13-18(3)20(14-17(16)2)29(26,27)24(15-19-5-4-12-28-19)9-6-21(25)23-10-7-22-8-11-23/h13-14,19,22H,4-12,15H2,1-3H3/t19-/m0/s1. The van der Waals surface area contributed by atoms with Gasteiger partial charge in [0.25, 0.3) is 0 Å². The van der Waals surface area contributed by atoms with Crippen LogP contribution in [0.15, 0.2) is 17.0 Å². The lowest BCUT2D eigenvalue weighted by molar-refractivity contribution is -0.131. The average molecular weight is 424 g/mol. The number of piperazine rings is 1. The number of sulfonamides is 1. The van der Waals surface area contributed by atoms with Crippen LogP contribution in [0, 0.1) is 20.8 Å². The fourth-order valence-electron chi connectivity index (χ4n) is 3.97. The molecule has 2 aliphatic heterocycles. The highest BCUT2D eigenvalue weighted by Gasteiger charge is 2.31. The van der Waals surface area contributed by atoms with Crippen molar-refractivity contribution in [1.82, 2.24) is 14.5 Å². The number of benzene rings is 1. The van der Waals surface area contributed by atoms with Gasteiger partial charge in [0.05, 0.1) is 11.0 Å². The van der Waals surface area contributed by atoms with Crippen molar-refractivity contribution in [3.63, 3.8) is 0 Å². The van der Waals surface area contributed by atoms with E-state index in [1.165, 1.54) is 4.31 Å². The molecule has 162 valence electrons. The van der Waals surface area contributed by atoms with Crippen molar-refractivity contribution < 1.29 is 17.9 Å². The number of hydrogen-bond acceptors (Lipinski definition) is 5. The first-order valence-electron chi connectivity index (χ1n) is 10.5.